The number of nitrogen functional groups attached to an aromatic ring is 1. The third-order valence-electron chi connectivity index (χ3n) is 3.12. The van der Waals surface area contributed by atoms with E-state index in [4.69, 9.17) is 11.5 Å². The maximum atomic E-state index is 11.2. The molecule has 2 rings (SSSR count). The molecule has 1 aromatic carbocycles. The Hall–Kier alpha value is -1.75. The van der Waals surface area contributed by atoms with Gasteiger partial charge in [0.25, 0.3) is 5.91 Å². The van der Waals surface area contributed by atoms with Crippen molar-refractivity contribution in [3.8, 4) is 0 Å². The number of para-hydroxylation sites is 1. The van der Waals surface area contributed by atoms with Crippen LogP contribution in [-0.2, 0) is 0 Å². The topological polar surface area (TPSA) is 84.4 Å². The van der Waals surface area contributed by atoms with Crippen LogP contribution in [0.3, 0.4) is 0 Å². The number of primary amides is 1. The molecule has 5 heteroatoms. The Bertz CT molecular complexity index is 433. The van der Waals surface area contributed by atoms with Gasteiger partial charge < -0.3 is 21.7 Å². The molecule has 0 bridgehead atoms. The van der Waals surface area contributed by atoms with Gasteiger partial charge in [0.1, 0.15) is 0 Å². The largest absolute Gasteiger partial charge is 0.396 e. The second-order valence-corrected chi connectivity index (χ2v) is 4.52. The van der Waals surface area contributed by atoms with Gasteiger partial charge in [-0.15, -0.1) is 0 Å². The highest BCUT2D eigenvalue weighted by molar-refractivity contribution is 6.00. The molecular weight excluding hydrogens is 216 g/mol. The van der Waals surface area contributed by atoms with Crippen molar-refractivity contribution < 1.29 is 4.79 Å². The minimum Gasteiger partial charge on any atom is -0.396 e. The normalized spacial score (nSPS) is 20.4. The fourth-order valence-corrected chi connectivity index (χ4v) is 2.18. The molecule has 1 unspecified atom stereocenters. The van der Waals surface area contributed by atoms with E-state index in [0.717, 1.165) is 25.2 Å². The van der Waals surface area contributed by atoms with Crippen LogP contribution in [0.1, 0.15) is 16.8 Å². The Labute approximate surface area is 101 Å². The van der Waals surface area contributed by atoms with E-state index < -0.39 is 5.91 Å². The van der Waals surface area contributed by atoms with Crippen LogP contribution in [0.2, 0.25) is 0 Å². The molecule has 0 aromatic heterocycles. The predicted octanol–water partition coefficient (Wildman–Crippen LogP) is 0.484. The van der Waals surface area contributed by atoms with Crippen LogP contribution >= 0.6 is 0 Å². The summed E-state index contributed by atoms with van der Waals surface area (Å²) in [7, 11) is 2.09. The van der Waals surface area contributed by atoms with Crippen molar-refractivity contribution in [3.63, 3.8) is 0 Å². The number of carbonyl (C=O) groups excluding carboxylic acids is 1. The van der Waals surface area contributed by atoms with Crippen molar-refractivity contribution in [2.45, 2.75) is 12.5 Å². The number of nitrogens with zero attached hydrogens (tertiary/aromatic N) is 1. The first-order chi connectivity index (χ1) is 8.08. The summed E-state index contributed by atoms with van der Waals surface area (Å²) < 4.78 is 0. The Balaban J connectivity index is 2.16. The van der Waals surface area contributed by atoms with Gasteiger partial charge in [0, 0.05) is 12.6 Å². The van der Waals surface area contributed by atoms with Crippen molar-refractivity contribution in [3.05, 3.63) is 23.8 Å². The minimum atomic E-state index is -0.491. The van der Waals surface area contributed by atoms with Crippen molar-refractivity contribution in [1.29, 1.82) is 0 Å². The first kappa shape index (κ1) is 11.7. The van der Waals surface area contributed by atoms with Crippen molar-refractivity contribution in [2.75, 3.05) is 31.2 Å². The summed E-state index contributed by atoms with van der Waals surface area (Å²) in [6.45, 7) is 2.06. The second-order valence-electron chi connectivity index (χ2n) is 4.52. The molecule has 1 aliphatic heterocycles. The summed E-state index contributed by atoms with van der Waals surface area (Å²) in [5.74, 6) is -0.491. The van der Waals surface area contributed by atoms with Crippen molar-refractivity contribution in [2.24, 2.45) is 5.73 Å². The van der Waals surface area contributed by atoms with E-state index in [2.05, 4.69) is 17.3 Å². The number of likely N-dealkylation sites (tertiary alicyclic amines) is 1. The summed E-state index contributed by atoms with van der Waals surface area (Å²) in [4.78, 5) is 13.4. The van der Waals surface area contributed by atoms with Crippen LogP contribution in [-0.4, -0.2) is 37.0 Å². The highest BCUT2D eigenvalue weighted by atomic mass is 16.1. The number of benzene rings is 1. The molecule has 17 heavy (non-hydrogen) atoms. The van der Waals surface area contributed by atoms with E-state index in [0.29, 0.717) is 17.3 Å². The number of carbonyl (C=O) groups is 1. The quantitative estimate of drug-likeness (QED) is 0.664. The highest BCUT2D eigenvalue weighted by Gasteiger charge is 2.20. The Kier molecular flexibility index (Phi) is 3.19. The summed E-state index contributed by atoms with van der Waals surface area (Å²) in [5.41, 5.74) is 12.8. The maximum absolute atomic E-state index is 11.2. The number of hydrogen-bond donors (Lipinski definition) is 3. The van der Waals surface area contributed by atoms with E-state index in [9.17, 15) is 4.79 Å². The van der Waals surface area contributed by atoms with Gasteiger partial charge in [0.2, 0.25) is 0 Å². The van der Waals surface area contributed by atoms with E-state index in [-0.39, 0.29) is 0 Å². The highest BCUT2D eigenvalue weighted by Crippen LogP contribution is 2.24. The minimum absolute atomic E-state index is 0.376. The molecule has 0 radical (unpaired) electrons. The zero-order valence-corrected chi connectivity index (χ0v) is 9.94. The van der Waals surface area contributed by atoms with Gasteiger partial charge in [0.05, 0.1) is 16.9 Å². The molecular formula is C12H18N4O. The lowest BCUT2D eigenvalue weighted by atomic mass is 10.1. The first-order valence-corrected chi connectivity index (χ1v) is 5.71. The van der Waals surface area contributed by atoms with Crippen LogP contribution in [0.15, 0.2) is 18.2 Å². The molecule has 1 heterocycles. The number of hydrogen-bond acceptors (Lipinski definition) is 4. The van der Waals surface area contributed by atoms with Crippen molar-refractivity contribution >= 4 is 17.3 Å². The lowest BCUT2D eigenvalue weighted by Gasteiger charge is -2.17. The Morgan fingerprint density at radius 1 is 1.53 bits per heavy atom. The summed E-state index contributed by atoms with van der Waals surface area (Å²) >= 11 is 0. The van der Waals surface area contributed by atoms with Gasteiger partial charge in [-0.25, -0.2) is 0 Å². The zero-order valence-electron chi connectivity index (χ0n) is 9.94. The molecule has 1 amide bonds. The Morgan fingerprint density at radius 3 is 2.88 bits per heavy atom. The predicted molar refractivity (Wildman–Crippen MR) is 68.9 cm³/mol. The summed E-state index contributed by atoms with van der Waals surface area (Å²) in [6.07, 6.45) is 1.08. The zero-order chi connectivity index (χ0) is 12.4. The van der Waals surface area contributed by atoms with Gasteiger partial charge in [-0.1, -0.05) is 6.07 Å². The van der Waals surface area contributed by atoms with Gasteiger partial charge in [0.15, 0.2) is 0 Å². The number of rotatable bonds is 3. The fourth-order valence-electron chi connectivity index (χ4n) is 2.18. The number of amides is 1. The molecule has 1 fully saturated rings. The molecule has 0 saturated carbocycles. The molecule has 5 nitrogen and oxygen atoms in total. The maximum Gasteiger partial charge on any atom is 0.250 e. The Morgan fingerprint density at radius 2 is 2.29 bits per heavy atom. The number of anilines is 2. The van der Waals surface area contributed by atoms with E-state index in [1.807, 2.05) is 6.07 Å². The average Bonchev–Trinajstić information content (AvgIpc) is 2.67. The summed E-state index contributed by atoms with van der Waals surface area (Å²) in [6, 6.07) is 5.69. The third kappa shape index (κ3) is 2.50. The van der Waals surface area contributed by atoms with Gasteiger partial charge in [-0.3, -0.25) is 4.79 Å². The van der Waals surface area contributed by atoms with Gasteiger partial charge in [-0.05, 0) is 32.1 Å². The average molecular weight is 234 g/mol. The van der Waals surface area contributed by atoms with E-state index >= 15 is 0 Å². The lowest BCUT2D eigenvalue weighted by Crippen LogP contribution is -2.24. The summed E-state index contributed by atoms with van der Waals surface area (Å²) in [5, 5.41) is 3.36. The SMILES string of the molecule is CN1CCC(Nc2cccc(C(N)=O)c2N)C1. The second kappa shape index (κ2) is 4.63. The fraction of sp³-hybridized carbons (Fsp3) is 0.417. The molecule has 1 atom stereocenters. The van der Waals surface area contributed by atoms with E-state index in [1.54, 1.807) is 12.1 Å². The lowest BCUT2D eigenvalue weighted by molar-refractivity contribution is 0.100. The molecule has 1 saturated heterocycles. The van der Waals surface area contributed by atoms with Crippen LogP contribution in [0.5, 0.6) is 0 Å². The smallest absolute Gasteiger partial charge is 0.250 e. The monoisotopic (exact) mass is 234 g/mol. The van der Waals surface area contributed by atoms with E-state index in [1.165, 1.54) is 0 Å². The van der Waals surface area contributed by atoms with Gasteiger partial charge in [-0.2, -0.15) is 0 Å². The van der Waals surface area contributed by atoms with Crippen LogP contribution in [0, 0.1) is 0 Å². The van der Waals surface area contributed by atoms with Gasteiger partial charge >= 0.3 is 0 Å². The van der Waals surface area contributed by atoms with Crippen LogP contribution in [0.4, 0.5) is 11.4 Å². The standard InChI is InChI=1S/C12H18N4O/c1-16-6-5-8(7-16)15-10-4-2-3-9(11(10)13)12(14)17/h2-4,8,15H,5-7,13H2,1H3,(H2,14,17). The molecule has 92 valence electrons. The third-order valence-corrected chi connectivity index (χ3v) is 3.12. The molecule has 1 aliphatic rings. The molecule has 0 spiro atoms. The molecule has 0 aliphatic carbocycles. The number of nitrogens with two attached hydrogens (primary N) is 2. The van der Waals surface area contributed by atoms with Crippen molar-refractivity contribution in [1.82, 2.24) is 4.90 Å². The first-order valence-electron chi connectivity index (χ1n) is 5.71. The van der Waals surface area contributed by atoms with Crippen LogP contribution < -0.4 is 16.8 Å². The number of likely N-dealkylation sites (N-methyl/N-ethyl adjacent to an activating group) is 1. The number of nitrogens with one attached hydrogen (secondary N) is 1. The molecule has 1 aromatic rings. The van der Waals surface area contributed by atoms with Crippen LogP contribution in [0.25, 0.3) is 0 Å². The molecule has 5 N–H and O–H groups in total.